The van der Waals surface area contributed by atoms with Crippen molar-refractivity contribution in [1.29, 1.82) is 0 Å². The van der Waals surface area contributed by atoms with Crippen molar-refractivity contribution >= 4 is 0 Å². The van der Waals surface area contributed by atoms with Crippen LogP contribution < -0.4 is 0 Å². The van der Waals surface area contributed by atoms with Crippen LogP contribution in [0.25, 0.3) is 0 Å². The van der Waals surface area contributed by atoms with Gasteiger partial charge in [0, 0.05) is 0 Å². The summed E-state index contributed by atoms with van der Waals surface area (Å²) in [5, 5.41) is 10.1. The Labute approximate surface area is 93.3 Å². The molecule has 1 heteroatoms. The van der Waals surface area contributed by atoms with Gasteiger partial charge in [-0.25, -0.2) is 0 Å². The molecule has 1 N–H and O–H groups in total. The first-order chi connectivity index (χ1) is 7.03. The van der Waals surface area contributed by atoms with Crippen LogP contribution >= 0.6 is 0 Å². The maximum absolute atomic E-state index is 10.1. The molecule has 4 rings (SSSR count). The van der Waals surface area contributed by atoms with Crippen molar-refractivity contribution < 1.29 is 5.11 Å². The summed E-state index contributed by atoms with van der Waals surface area (Å²) in [6, 6.07) is 0. The molecule has 4 saturated carbocycles. The maximum Gasteiger partial charge on any atom is 0.0596 e. The van der Waals surface area contributed by atoms with E-state index in [1.807, 2.05) is 0 Å². The summed E-state index contributed by atoms with van der Waals surface area (Å²) in [6.45, 7) is 7.33. The minimum absolute atomic E-state index is 0.0502. The fourth-order valence-corrected chi connectivity index (χ4v) is 5.08. The molecule has 15 heavy (non-hydrogen) atoms. The zero-order chi connectivity index (χ0) is 10.8. The average Bonchev–Trinajstić information content (AvgIpc) is 2.15. The highest BCUT2D eigenvalue weighted by Gasteiger charge is 2.58. The third kappa shape index (κ3) is 1.13. The zero-order valence-corrected chi connectivity index (χ0v) is 10.2. The zero-order valence-electron chi connectivity index (χ0n) is 10.2. The summed E-state index contributed by atoms with van der Waals surface area (Å²) in [5.74, 6) is 3.93. The van der Waals surface area contributed by atoms with E-state index in [9.17, 15) is 5.11 Å². The highest BCUT2D eigenvalue weighted by atomic mass is 16.3. The topological polar surface area (TPSA) is 20.2 Å². The van der Waals surface area contributed by atoms with Crippen molar-refractivity contribution in [1.82, 2.24) is 0 Å². The molecular formula is C14H24O. The fraction of sp³-hybridized carbons (Fsp3) is 1.00. The Morgan fingerprint density at radius 3 is 1.73 bits per heavy atom. The summed E-state index contributed by atoms with van der Waals surface area (Å²) in [7, 11) is 0. The number of aliphatic hydroxyl groups excluding tert-OH is 1. The number of aliphatic hydroxyl groups is 1. The van der Waals surface area contributed by atoms with Crippen LogP contribution in [0.2, 0.25) is 0 Å². The van der Waals surface area contributed by atoms with Crippen LogP contribution in [0, 0.1) is 35.0 Å². The molecule has 0 aliphatic heterocycles. The molecule has 0 atom stereocenters. The quantitative estimate of drug-likeness (QED) is 0.702. The first-order valence-corrected chi connectivity index (χ1v) is 6.71. The SMILES string of the molecule is CC(C)C1(C)C2CC3CC1CC(C2)C3O. The molecule has 4 aliphatic rings. The Morgan fingerprint density at radius 2 is 1.40 bits per heavy atom. The van der Waals surface area contributed by atoms with Crippen molar-refractivity contribution in [2.45, 2.75) is 52.6 Å². The Balaban J connectivity index is 1.93. The van der Waals surface area contributed by atoms with Gasteiger partial charge < -0.3 is 5.11 Å². The highest BCUT2D eigenvalue weighted by Crippen LogP contribution is 2.64. The van der Waals surface area contributed by atoms with E-state index in [0.29, 0.717) is 17.3 Å². The van der Waals surface area contributed by atoms with E-state index in [-0.39, 0.29) is 6.10 Å². The van der Waals surface area contributed by atoms with Crippen LogP contribution in [-0.2, 0) is 0 Å². The van der Waals surface area contributed by atoms with E-state index in [1.165, 1.54) is 25.7 Å². The smallest absolute Gasteiger partial charge is 0.0596 e. The van der Waals surface area contributed by atoms with E-state index >= 15 is 0 Å². The van der Waals surface area contributed by atoms with Crippen LogP contribution in [0.1, 0.15) is 46.5 Å². The fourth-order valence-electron chi connectivity index (χ4n) is 5.08. The van der Waals surface area contributed by atoms with Crippen molar-refractivity contribution in [3.63, 3.8) is 0 Å². The lowest BCUT2D eigenvalue weighted by Crippen LogP contribution is -2.58. The van der Waals surface area contributed by atoms with Crippen molar-refractivity contribution in [2.24, 2.45) is 35.0 Å². The maximum atomic E-state index is 10.1. The third-order valence-electron chi connectivity index (χ3n) is 6.32. The molecule has 0 radical (unpaired) electrons. The molecule has 0 heterocycles. The molecule has 0 aromatic heterocycles. The van der Waals surface area contributed by atoms with Gasteiger partial charge in [0.1, 0.15) is 0 Å². The monoisotopic (exact) mass is 208 g/mol. The molecule has 0 aromatic carbocycles. The summed E-state index contributed by atoms with van der Waals surface area (Å²) in [6.07, 6.45) is 5.28. The van der Waals surface area contributed by atoms with Gasteiger partial charge in [-0.2, -0.15) is 0 Å². The summed E-state index contributed by atoms with van der Waals surface area (Å²) < 4.78 is 0. The third-order valence-corrected chi connectivity index (χ3v) is 6.32. The van der Waals surface area contributed by atoms with Gasteiger partial charge in [0.25, 0.3) is 0 Å². The Bertz CT molecular complexity index is 239. The van der Waals surface area contributed by atoms with Crippen LogP contribution in [0.5, 0.6) is 0 Å². The van der Waals surface area contributed by atoms with Gasteiger partial charge in [0.2, 0.25) is 0 Å². The summed E-state index contributed by atoms with van der Waals surface area (Å²) in [5.41, 5.74) is 0.577. The molecule has 0 unspecified atom stereocenters. The molecule has 4 fully saturated rings. The normalized spacial score (nSPS) is 57.8. The minimum Gasteiger partial charge on any atom is -0.393 e. The molecule has 4 bridgehead atoms. The van der Waals surface area contributed by atoms with E-state index < -0.39 is 0 Å². The first-order valence-electron chi connectivity index (χ1n) is 6.71. The van der Waals surface area contributed by atoms with E-state index in [2.05, 4.69) is 20.8 Å². The second-order valence-corrected chi connectivity index (χ2v) is 6.87. The average molecular weight is 208 g/mol. The van der Waals surface area contributed by atoms with Crippen molar-refractivity contribution in [3.05, 3.63) is 0 Å². The molecule has 0 amide bonds. The standard InChI is InChI=1S/C14H24O/c1-8(2)14(3)11-4-9-5-12(14)7-10(6-11)13(9)15/h8-13,15H,4-7H2,1-3H3. The second-order valence-electron chi connectivity index (χ2n) is 6.87. The van der Waals surface area contributed by atoms with Crippen LogP contribution in [-0.4, -0.2) is 11.2 Å². The molecular weight excluding hydrogens is 184 g/mol. The lowest BCUT2D eigenvalue weighted by Gasteiger charge is -2.63. The van der Waals surface area contributed by atoms with E-state index in [1.54, 1.807) is 0 Å². The number of hydrogen-bond acceptors (Lipinski definition) is 1. The van der Waals surface area contributed by atoms with E-state index in [4.69, 9.17) is 0 Å². The first kappa shape index (κ1) is 10.1. The van der Waals surface area contributed by atoms with E-state index in [0.717, 1.165) is 17.8 Å². The van der Waals surface area contributed by atoms with Gasteiger partial charge in [-0.05, 0) is 60.7 Å². The molecule has 4 aliphatic carbocycles. The van der Waals surface area contributed by atoms with Gasteiger partial charge >= 0.3 is 0 Å². The highest BCUT2D eigenvalue weighted by molar-refractivity contribution is 5.07. The second kappa shape index (κ2) is 3.00. The van der Waals surface area contributed by atoms with Gasteiger partial charge in [0.05, 0.1) is 6.10 Å². The lowest BCUT2D eigenvalue weighted by atomic mass is 9.43. The molecule has 0 spiro atoms. The number of rotatable bonds is 1. The molecule has 86 valence electrons. The van der Waals surface area contributed by atoms with Crippen LogP contribution in [0.15, 0.2) is 0 Å². The van der Waals surface area contributed by atoms with Crippen molar-refractivity contribution in [2.75, 3.05) is 0 Å². The van der Waals surface area contributed by atoms with Crippen LogP contribution in [0.3, 0.4) is 0 Å². The summed E-state index contributed by atoms with van der Waals surface area (Å²) >= 11 is 0. The molecule has 1 nitrogen and oxygen atoms in total. The Morgan fingerprint density at radius 1 is 1.00 bits per heavy atom. The van der Waals surface area contributed by atoms with Gasteiger partial charge in [-0.3, -0.25) is 0 Å². The minimum atomic E-state index is 0.0502. The number of hydrogen-bond donors (Lipinski definition) is 1. The summed E-state index contributed by atoms with van der Waals surface area (Å²) in [4.78, 5) is 0. The van der Waals surface area contributed by atoms with Gasteiger partial charge in [-0.15, -0.1) is 0 Å². The molecule has 0 aromatic rings. The Hall–Kier alpha value is -0.0400. The Kier molecular flexibility index (Phi) is 2.03. The van der Waals surface area contributed by atoms with Crippen molar-refractivity contribution in [3.8, 4) is 0 Å². The predicted molar refractivity (Wildman–Crippen MR) is 61.4 cm³/mol. The van der Waals surface area contributed by atoms with Gasteiger partial charge in [-0.1, -0.05) is 20.8 Å². The van der Waals surface area contributed by atoms with Crippen LogP contribution in [0.4, 0.5) is 0 Å². The van der Waals surface area contributed by atoms with Gasteiger partial charge in [0.15, 0.2) is 0 Å². The lowest BCUT2D eigenvalue weighted by molar-refractivity contribution is -0.174. The predicted octanol–water partition coefficient (Wildman–Crippen LogP) is 3.08. The molecule has 0 saturated heterocycles. The largest absolute Gasteiger partial charge is 0.393 e.